The number of primary amides is 1. The van der Waals surface area contributed by atoms with Gasteiger partial charge in [0, 0.05) is 19.5 Å². The molecule has 1 atom stereocenters. The van der Waals surface area contributed by atoms with Crippen LogP contribution in [0.4, 0.5) is 4.79 Å². The maximum Gasteiger partial charge on any atom is 0.326 e. The van der Waals surface area contributed by atoms with Crippen molar-refractivity contribution < 1.29 is 19.5 Å². The van der Waals surface area contributed by atoms with Gasteiger partial charge in [0.1, 0.15) is 6.04 Å². The average molecular weight is 229 g/mol. The summed E-state index contributed by atoms with van der Waals surface area (Å²) in [4.78, 5) is 34.0. The largest absolute Gasteiger partial charge is 0.480 e. The number of nitrogens with two attached hydrogens (primary N) is 1. The van der Waals surface area contributed by atoms with Gasteiger partial charge in [0.05, 0.1) is 0 Å². The summed E-state index contributed by atoms with van der Waals surface area (Å²) in [5, 5.41) is 11.3. The van der Waals surface area contributed by atoms with Gasteiger partial charge >= 0.3 is 12.0 Å². The molecule has 16 heavy (non-hydrogen) atoms. The van der Waals surface area contributed by atoms with Gasteiger partial charge in [-0.05, 0) is 12.8 Å². The number of carboxylic acid groups (broad SMARTS) is 1. The molecular weight excluding hydrogens is 214 g/mol. The molecule has 3 amide bonds. The molecule has 1 fully saturated rings. The number of carboxylic acids is 1. The number of hydrogen-bond acceptors (Lipinski definition) is 3. The van der Waals surface area contributed by atoms with E-state index in [2.05, 4.69) is 5.32 Å². The first-order valence-electron chi connectivity index (χ1n) is 5.08. The van der Waals surface area contributed by atoms with Crippen LogP contribution in [0, 0.1) is 0 Å². The predicted molar refractivity (Wildman–Crippen MR) is 54.6 cm³/mol. The fraction of sp³-hybridized carbons (Fsp3) is 0.667. The Hall–Kier alpha value is -1.79. The summed E-state index contributed by atoms with van der Waals surface area (Å²) in [6.07, 6.45) is 1.20. The molecule has 0 aromatic heterocycles. The van der Waals surface area contributed by atoms with Crippen molar-refractivity contribution in [2.45, 2.75) is 25.3 Å². The Labute approximate surface area is 92.6 Å². The van der Waals surface area contributed by atoms with Crippen molar-refractivity contribution in [2.24, 2.45) is 5.73 Å². The van der Waals surface area contributed by atoms with Crippen LogP contribution in [0.25, 0.3) is 0 Å². The van der Waals surface area contributed by atoms with E-state index in [-0.39, 0.29) is 13.0 Å². The third-order valence-electron chi connectivity index (χ3n) is 2.45. The zero-order valence-electron chi connectivity index (χ0n) is 8.81. The van der Waals surface area contributed by atoms with Crippen LogP contribution in [0.2, 0.25) is 0 Å². The third-order valence-corrected chi connectivity index (χ3v) is 2.45. The molecule has 0 spiro atoms. The molecule has 1 rings (SSSR count). The molecule has 1 aliphatic rings. The van der Waals surface area contributed by atoms with Crippen molar-refractivity contribution in [3.63, 3.8) is 0 Å². The van der Waals surface area contributed by atoms with E-state index in [1.807, 2.05) is 0 Å². The standard InChI is InChI=1S/C9H15N3O4/c10-7(13)3-4-11-9(16)12-5-1-2-6(12)8(14)15/h6H,1-5H2,(H2,10,13)(H,11,16)(H,14,15)/t6-/m1/s1. The van der Waals surface area contributed by atoms with Crippen LogP contribution in [-0.2, 0) is 9.59 Å². The number of nitrogens with zero attached hydrogens (tertiary/aromatic N) is 1. The molecule has 1 aliphatic heterocycles. The van der Waals surface area contributed by atoms with Gasteiger partial charge in [-0.1, -0.05) is 0 Å². The third kappa shape index (κ3) is 3.11. The number of rotatable bonds is 4. The SMILES string of the molecule is NC(=O)CCNC(=O)N1CCC[C@@H]1C(=O)O. The Morgan fingerprint density at radius 2 is 2.12 bits per heavy atom. The number of nitrogens with one attached hydrogen (secondary N) is 1. The lowest BCUT2D eigenvalue weighted by Crippen LogP contribution is -2.46. The van der Waals surface area contributed by atoms with E-state index < -0.39 is 23.9 Å². The molecule has 0 radical (unpaired) electrons. The number of amides is 3. The van der Waals surface area contributed by atoms with E-state index in [0.717, 1.165) is 0 Å². The first-order chi connectivity index (χ1) is 7.52. The quantitative estimate of drug-likeness (QED) is 0.581. The Balaban J connectivity index is 2.41. The minimum atomic E-state index is -0.998. The van der Waals surface area contributed by atoms with Crippen molar-refractivity contribution in [3.05, 3.63) is 0 Å². The van der Waals surface area contributed by atoms with Crippen LogP contribution in [0.1, 0.15) is 19.3 Å². The average Bonchev–Trinajstić information content (AvgIpc) is 2.65. The summed E-state index contributed by atoms with van der Waals surface area (Å²) in [6.45, 7) is 0.566. The molecule has 0 unspecified atom stereocenters. The highest BCUT2D eigenvalue weighted by Gasteiger charge is 2.33. The molecule has 1 saturated heterocycles. The number of hydrogen-bond donors (Lipinski definition) is 3. The van der Waals surface area contributed by atoms with Crippen molar-refractivity contribution in [1.82, 2.24) is 10.2 Å². The van der Waals surface area contributed by atoms with Gasteiger partial charge in [-0.25, -0.2) is 9.59 Å². The van der Waals surface area contributed by atoms with Crippen molar-refractivity contribution in [3.8, 4) is 0 Å². The lowest BCUT2D eigenvalue weighted by Gasteiger charge is -2.21. The number of urea groups is 1. The summed E-state index contributed by atoms with van der Waals surface area (Å²) in [5.74, 6) is -1.50. The number of aliphatic carboxylic acids is 1. The highest BCUT2D eigenvalue weighted by atomic mass is 16.4. The second-order valence-corrected chi connectivity index (χ2v) is 3.64. The van der Waals surface area contributed by atoms with Crippen LogP contribution in [0.15, 0.2) is 0 Å². The first kappa shape index (κ1) is 12.3. The molecule has 0 aliphatic carbocycles. The first-order valence-corrected chi connectivity index (χ1v) is 5.08. The van der Waals surface area contributed by atoms with Crippen molar-refractivity contribution in [2.75, 3.05) is 13.1 Å². The second-order valence-electron chi connectivity index (χ2n) is 3.64. The number of carbonyl (C=O) groups excluding carboxylic acids is 2. The van der Waals surface area contributed by atoms with E-state index >= 15 is 0 Å². The van der Waals surface area contributed by atoms with Crippen LogP contribution >= 0.6 is 0 Å². The van der Waals surface area contributed by atoms with E-state index in [1.165, 1.54) is 4.90 Å². The molecule has 0 aromatic rings. The summed E-state index contributed by atoms with van der Waals surface area (Å²) in [7, 11) is 0. The van der Waals surface area contributed by atoms with Gasteiger partial charge in [0.15, 0.2) is 0 Å². The molecule has 7 nitrogen and oxygen atoms in total. The van der Waals surface area contributed by atoms with Crippen LogP contribution in [0.3, 0.4) is 0 Å². The Bertz CT molecular complexity index is 305. The Kier molecular flexibility index (Phi) is 4.10. The molecule has 0 aromatic carbocycles. The predicted octanol–water partition coefficient (Wildman–Crippen LogP) is -0.880. The number of carbonyl (C=O) groups is 3. The van der Waals surface area contributed by atoms with Gasteiger partial charge < -0.3 is 21.1 Å². The molecule has 90 valence electrons. The molecular formula is C9H15N3O4. The minimum absolute atomic E-state index is 0.0529. The smallest absolute Gasteiger partial charge is 0.326 e. The summed E-state index contributed by atoms with van der Waals surface area (Å²) >= 11 is 0. The normalized spacial score (nSPS) is 19.5. The topological polar surface area (TPSA) is 113 Å². The summed E-state index contributed by atoms with van der Waals surface area (Å²) in [6, 6.07) is -1.21. The van der Waals surface area contributed by atoms with Gasteiger partial charge in [-0.15, -0.1) is 0 Å². The highest BCUT2D eigenvalue weighted by molar-refractivity contribution is 5.83. The van der Waals surface area contributed by atoms with Gasteiger partial charge in [0.2, 0.25) is 5.91 Å². The molecule has 4 N–H and O–H groups in total. The molecule has 0 saturated carbocycles. The van der Waals surface area contributed by atoms with Gasteiger partial charge in [-0.2, -0.15) is 0 Å². The van der Waals surface area contributed by atoms with Gasteiger partial charge in [-0.3, -0.25) is 4.79 Å². The monoisotopic (exact) mass is 229 g/mol. The van der Waals surface area contributed by atoms with E-state index in [9.17, 15) is 14.4 Å². The van der Waals surface area contributed by atoms with Crippen molar-refractivity contribution in [1.29, 1.82) is 0 Å². The zero-order chi connectivity index (χ0) is 12.1. The van der Waals surface area contributed by atoms with E-state index in [1.54, 1.807) is 0 Å². The lowest BCUT2D eigenvalue weighted by molar-refractivity contribution is -0.141. The lowest BCUT2D eigenvalue weighted by atomic mass is 10.2. The Morgan fingerprint density at radius 3 is 2.69 bits per heavy atom. The molecule has 7 heteroatoms. The Morgan fingerprint density at radius 1 is 1.44 bits per heavy atom. The maximum absolute atomic E-state index is 11.5. The van der Waals surface area contributed by atoms with Crippen LogP contribution in [0.5, 0.6) is 0 Å². The van der Waals surface area contributed by atoms with E-state index in [0.29, 0.717) is 19.4 Å². The summed E-state index contributed by atoms with van der Waals surface area (Å²) in [5.41, 5.74) is 4.91. The highest BCUT2D eigenvalue weighted by Crippen LogP contribution is 2.17. The molecule has 0 bridgehead atoms. The minimum Gasteiger partial charge on any atom is -0.480 e. The summed E-state index contributed by atoms with van der Waals surface area (Å²) < 4.78 is 0. The number of likely N-dealkylation sites (tertiary alicyclic amines) is 1. The second kappa shape index (κ2) is 5.34. The fourth-order valence-corrected chi connectivity index (χ4v) is 1.66. The van der Waals surface area contributed by atoms with Crippen molar-refractivity contribution >= 4 is 17.9 Å². The van der Waals surface area contributed by atoms with Crippen LogP contribution < -0.4 is 11.1 Å². The fourth-order valence-electron chi connectivity index (χ4n) is 1.66. The van der Waals surface area contributed by atoms with Gasteiger partial charge in [0.25, 0.3) is 0 Å². The van der Waals surface area contributed by atoms with Crippen LogP contribution in [-0.4, -0.2) is 47.0 Å². The zero-order valence-corrected chi connectivity index (χ0v) is 8.81. The van der Waals surface area contributed by atoms with E-state index in [4.69, 9.17) is 10.8 Å². The maximum atomic E-state index is 11.5. The molecule has 1 heterocycles.